The molecule has 194 valence electrons. The molecular weight excluding hydrogens is 473 g/mol. The van der Waals surface area contributed by atoms with Crippen LogP contribution in [-0.4, -0.2) is 31.0 Å². The normalized spacial score (nSPS) is 12.0. The molecule has 1 atom stereocenters. The number of fused-ring (bicyclic) bond motifs is 1. The molecule has 4 rings (SSSR count). The number of esters is 1. The number of furan rings is 1. The van der Waals surface area contributed by atoms with Crippen LogP contribution < -0.4 is 10.5 Å². The number of aliphatic hydroxyl groups excluding tert-OH is 1. The van der Waals surface area contributed by atoms with Crippen LogP contribution in [0.4, 0.5) is 4.39 Å². The third-order valence-electron chi connectivity index (χ3n) is 6.13. The Hall–Kier alpha value is -3.68. The van der Waals surface area contributed by atoms with Crippen LogP contribution >= 0.6 is 0 Å². The summed E-state index contributed by atoms with van der Waals surface area (Å²) in [5.41, 5.74) is 11.6. The van der Waals surface area contributed by atoms with Gasteiger partial charge in [-0.2, -0.15) is 0 Å². The summed E-state index contributed by atoms with van der Waals surface area (Å²) in [4.78, 5) is 12.1. The second kappa shape index (κ2) is 12.0. The first-order chi connectivity index (χ1) is 17.9. The zero-order valence-corrected chi connectivity index (χ0v) is 21.1. The van der Waals surface area contributed by atoms with Crippen molar-refractivity contribution in [2.45, 2.75) is 39.3 Å². The molecule has 0 saturated carbocycles. The number of nitrogens with two attached hydrogens (primary N) is 1. The Bertz CT molecular complexity index is 1380. The highest BCUT2D eigenvalue weighted by molar-refractivity contribution is 5.93. The average Bonchev–Trinajstić information content (AvgIpc) is 3.30. The van der Waals surface area contributed by atoms with Gasteiger partial charge in [0.15, 0.2) is 0 Å². The first-order valence-electron chi connectivity index (χ1n) is 12.4. The minimum absolute atomic E-state index is 0.0252. The maximum atomic E-state index is 13.2. The van der Waals surface area contributed by atoms with Gasteiger partial charge in [0.05, 0.1) is 25.7 Å². The van der Waals surface area contributed by atoms with Gasteiger partial charge in [-0.25, -0.2) is 4.39 Å². The molecule has 1 unspecified atom stereocenters. The average molecular weight is 506 g/mol. The Morgan fingerprint density at radius 3 is 2.73 bits per heavy atom. The molecule has 0 aliphatic carbocycles. The minimum atomic E-state index is -0.706. The molecule has 0 bridgehead atoms. The first-order valence-corrected chi connectivity index (χ1v) is 12.4. The molecule has 1 aromatic heterocycles. The van der Waals surface area contributed by atoms with Crippen LogP contribution in [0.1, 0.15) is 41.0 Å². The third-order valence-corrected chi connectivity index (χ3v) is 6.13. The number of halogens is 1. The summed E-state index contributed by atoms with van der Waals surface area (Å²) in [6, 6.07) is 18.4. The maximum Gasteiger partial charge on any atom is 0.310 e. The van der Waals surface area contributed by atoms with Crippen molar-refractivity contribution in [2.75, 3.05) is 19.9 Å². The van der Waals surface area contributed by atoms with Gasteiger partial charge in [0.2, 0.25) is 0 Å². The van der Waals surface area contributed by atoms with E-state index in [-0.39, 0.29) is 25.6 Å². The highest BCUT2D eigenvalue weighted by Gasteiger charge is 2.16. The number of rotatable bonds is 11. The Labute approximate surface area is 215 Å². The van der Waals surface area contributed by atoms with Crippen LogP contribution in [0.5, 0.6) is 5.75 Å². The quantitative estimate of drug-likeness (QED) is 0.258. The second-order valence-corrected chi connectivity index (χ2v) is 9.02. The van der Waals surface area contributed by atoms with E-state index >= 15 is 0 Å². The lowest BCUT2D eigenvalue weighted by atomic mass is 9.97. The lowest BCUT2D eigenvalue weighted by Gasteiger charge is -2.14. The van der Waals surface area contributed by atoms with Crippen LogP contribution in [0.25, 0.3) is 22.1 Å². The fourth-order valence-electron chi connectivity index (χ4n) is 4.30. The van der Waals surface area contributed by atoms with Crippen molar-refractivity contribution in [3.63, 3.8) is 0 Å². The molecule has 3 aromatic carbocycles. The van der Waals surface area contributed by atoms with Crippen LogP contribution in [0.2, 0.25) is 0 Å². The van der Waals surface area contributed by atoms with Gasteiger partial charge in [0.1, 0.15) is 30.4 Å². The number of aryl methyl sites for hydroxylation is 1. The molecule has 3 N–H and O–H groups in total. The lowest BCUT2D eigenvalue weighted by Crippen LogP contribution is -2.11. The summed E-state index contributed by atoms with van der Waals surface area (Å²) in [6.45, 7) is 3.65. The molecule has 7 heteroatoms. The van der Waals surface area contributed by atoms with E-state index in [9.17, 15) is 14.3 Å². The highest BCUT2D eigenvalue weighted by Crippen LogP contribution is 2.34. The maximum absolute atomic E-state index is 13.2. The second-order valence-electron chi connectivity index (χ2n) is 9.02. The van der Waals surface area contributed by atoms with Crippen LogP contribution in [0.3, 0.4) is 0 Å². The van der Waals surface area contributed by atoms with E-state index in [1.165, 1.54) is 0 Å². The molecule has 6 nitrogen and oxygen atoms in total. The summed E-state index contributed by atoms with van der Waals surface area (Å²) in [5.74, 6) is 0.990. The number of benzene rings is 3. The zero-order valence-electron chi connectivity index (χ0n) is 21.1. The monoisotopic (exact) mass is 505 g/mol. The van der Waals surface area contributed by atoms with E-state index in [0.29, 0.717) is 35.7 Å². The van der Waals surface area contributed by atoms with E-state index < -0.39 is 12.7 Å². The molecule has 0 aliphatic rings. The van der Waals surface area contributed by atoms with Gasteiger partial charge in [-0.1, -0.05) is 30.3 Å². The third kappa shape index (κ3) is 6.37. The van der Waals surface area contributed by atoms with Gasteiger partial charge in [0, 0.05) is 22.9 Å². The summed E-state index contributed by atoms with van der Waals surface area (Å²) >= 11 is 0. The van der Waals surface area contributed by atoms with Gasteiger partial charge in [-0.15, -0.1) is 0 Å². The fraction of sp³-hybridized carbons (Fsp3) is 0.300. The van der Waals surface area contributed by atoms with Crippen LogP contribution in [0.15, 0.2) is 65.1 Å². The highest BCUT2D eigenvalue weighted by atomic mass is 19.1. The number of aliphatic hydroxyl groups is 1. The topological polar surface area (TPSA) is 94.9 Å². The molecule has 37 heavy (non-hydrogen) atoms. The summed E-state index contributed by atoms with van der Waals surface area (Å²) in [5, 5.41) is 10.3. The number of carbonyl (C=O) groups is 1. The van der Waals surface area contributed by atoms with Crippen molar-refractivity contribution in [1.29, 1.82) is 0 Å². The SMILES string of the molecule is CCOC(=O)Cc1ccc(C)cc1OCc1cc(-c2cccc(C(N)CF)c2)c2oc(CCO)cc2c1. The van der Waals surface area contributed by atoms with Crippen molar-refractivity contribution in [3.8, 4) is 16.9 Å². The Balaban J connectivity index is 1.70. The van der Waals surface area contributed by atoms with Crippen LogP contribution in [0, 0.1) is 6.92 Å². The van der Waals surface area contributed by atoms with Gasteiger partial charge in [0.25, 0.3) is 0 Å². The number of alkyl halides is 1. The van der Waals surface area contributed by atoms with Crippen molar-refractivity contribution in [1.82, 2.24) is 0 Å². The van der Waals surface area contributed by atoms with E-state index in [4.69, 9.17) is 19.6 Å². The molecular formula is C30H32FNO5. The van der Waals surface area contributed by atoms with Crippen molar-refractivity contribution in [3.05, 3.63) is 88.7 Å². The van der Waals surface area contributed by atoms with Gasteiger partial charge in [-0.3, -0.25) is 4.79 Å². The summed E-state index contributed by atoms with van der Waals surface area (Å²) in [7, 11) is 0. The lowest BCUT2D eigenvalue weighted by molar-refractivity contribution is -0.142. The van der Waals surface area contributed by atoms with E-state index in [1.54, 1.807) is 13.0 Å². The molecule has 0 saturated heterocycles. The predicted molar refractivity (Wildman–Crippen MR) is 141 cm³/mol. The molecule has 0 spiro atoms. The summed E-state index contributed by atoms with van der Waals surface area (Å²) in [6.07, 6.45) is 0.523. The molecule has 0 radical (unpaired) electrons. The van der Waals surface area contributed by atoms with Gasteiger partial charge in [-0.05, 0) is 66.4 Å². The minimum Gasteiger partial charge on any atom is -0.489 e. The number of hydrogen-bond donors (Lipinski definition) is 2. The smallest absolute Gasteiger partial charge is 0.310 e. The van der Waals surface area contributed by atoms with E-state index in [1.807, 2.05) is 61.5 Å². The Morgan fingerprint density at radius 2 is 1.97 bits per heavy atom. The number of ether oxygens (including phenoxy) is 2. The standard InChI is InChI=1S/C30H32FNO5/c1-3-35-29(34)16-23-8-7-19(2)11-28(23)36-18-20-12-24-15-25(9-10-33)37-30(24)26(13-20)21-5-4-6-22(14-21)27(32)17-31/h4-8,11-15,27,33H,3,9-10,16-18,32H2,1-2H3. The van der Waals surface area contributed by atoms with E-state index in [2.05, 4.69) is 0 Å². The van der Waals surface area contributed by atoms with Gasteiger partial charge < -0.3 is 24.7 Å². The van der Waals surface area contributed by atoms with Crippen molar-refractivity contribution >= 4 is 16.9 Å². The number of hydrogen-bond acceptors (Lipinski definition) is 6. The molecule has 0 amide bonds. The molecule has 1 heterocycles. The first kappa shape index (κ1) is 26.4. The Morgan fingerprint density at radius 1 is 1.14 bits per heavy atom. The molecule has 4 aromatic rings. The zero-order chi connectivity index (χ0) is 26.4. The largest absolute Gasteiger partial charge is 0.489 e. The van der Waals surface area contributed by atoms with Gasteiger partial charge >= 0.3 is 5.97 Å². The molecule has 0 fully saturated rings. The predicted octanol–water partition coefficient (Wildman–Crippen LogP) is 5.60. The molecule has 0 aliphatic heterocycles. The van der Waals surface area contributed by atoms with Crippen molar-refractivity contribution in [2.24, 2.45) is 5.73 Å². The Kier molecular flexibility index (Phi) is 8.58. The summed E-state index contributed by atoms with van der Waals surface area (Å²) < 4.78 is 30.6. The van der Waals surface area contributed by atoms with E-state index in [0.717, 1.165) is 33.2 Å². The fourth-order valence-corrected chi connectivity index (χ4v) is 4.30. The van der Waals surface area contributed by atoms with Crippen molar-refractivity contribution < 1.29 is 28.2 Å². The number of carbonyl (C=O) groups excluding carboxylic acids is 1. The van der Waals surface area contributed by atoms with Crippen LogP contribution in [-0.2, 0) is 29.0 Å².